The van der Waals surface area contributed by atoms with Crippen LogP contribution in [0.5, 0.6) is 0 Å². The Morgan fingerprint density at radius 1 is 1.08 bits per heavy atom. The minimum Gasteiger partial charge on any atom is -0.392 e. The Bertz CT molecular complexity index is 245. The second-order valence-corrected chi connectivity index (χ2v) is 4.79. The molecule has 1 heteroatoms. The lowest BCUT2D eigenvalue weighted by atomic mass is 9.50. The summed E-state index contributed by atoms with van der Waals surface area (Å²) >= 11 is 0. The Hall–Kier alpha value is -0.300. The van der Waals surface area contributed by atoms with Gasteiger partial charge in [0.05, 0.1) is 6.10 Å². The van der Waals surface area contributed by atoms with Crippen LogP contribution in [0.15, 0.2) is 12.2 Å². The Morgan fingerprint density at radius 3 is 2.58 bits per heavy atom. The molecule has 0 radical (unpaired) electrons. The van der Waals surface area contributed by atoms with Gasteiger partial charge < -0.3 is 5.11 Å². The van der Waals surface area contributed by atoms with Gasteiger partial charge >= 0.3 is 0 Å². The van der Waals surface area contributed by atoms with Crippen LogP contribution in [-0.4, -0.2) is 11.2 Å². The van der Waals surface area contributed by atoms with E-state index in [0.717, 1.165) is 6.42 Å². The van der Waals surface area contributed by atoms with Gasteiger partial charge in [-0.25, -0.2) is 0 Å². The Balaban J connectivity index is 2.06. The summed E-state index contributed by atoms with van der Waals surface area (Å²) in [6, 6.07) is 0. The van der Waals surface area contributed by atoms with Crippen molar-refractivity contribution in [2.24, 2.45) is 10.8 Å². The van der Waals surface area contributed by atoms with Gasteiger partial charge in [0, 0.05) is 5.41 Å². The fraction of sp³-hybridized carbons (Fsp3) is 0.818. The van der Waals surface area contributed by atoms with E-state index in [9.17, 15) is 5.11 Å². The van der Waals surface area contributed by atoms with Crippen LogP contribution in [0.25, 0.3) is 0 Å². The first kappa shape index (κ1) is 7.14. The fourth-order valence-electron chi connectivity index (χ4n) is 3.80. The first-order valence-electron chi connectivity index (χ1n) is 5.18. The van der Waals surface area contributed by atoms with E-state index in [1.807, 2.05) is 0 Å². The van der Waals surface area contributed by atoms with Gasteiger partial charge in [0.1, 0.15) is 0 Å². The van der Waals surface area contributed by atoms with Gasteiger partial charge in [0.2, 0.25) is 0 Å². The van der Waals surface area contributed by atoms with Gasteiger partial charge in [0.15, 0.2) is 0 Å². The summed E-state index contributed by atoms with van der Waals surface area (Å²) in [5.41, 5.74) is 0.690. The highest BCUT2D eigenvalue weighted by Gasteiger charge is 2.61. The van der Waals surface area contributed by atoms with E-state index in [-0.39, 0.29) is 11.5 Å². The smallest absolute Gasteiger partial charge is 0.0639 e. The molecular formula is C11H16O. The summed E-state index contributed by atoms with van der Waals surface area (Å²) in [6.07, 6.45) is 12.1. The zero-order chi connectivity index (χ0) is 8.23. The highest BCUT2D eigenvalue weighted by Crippen LogP contribution is 2.67. The molecule has 0 unspecified atom stereocenters. The number of aliphatic hydroxyl groups excluding tert-OH is 1. The average molecular weight is 164 g/mol. The quantitative estimate of drug-likeness (QED) is 0.544. The molecule has 0 amide bonds. The number of aliphatic hydroxyl groups is 1. The lowest BCUT2D eigenvalue weighted by Crippen LogP contribution is -2.52. The maximum absolute atomic E-state index is 10.0. The van der Waals surface area contributed by atoms with Gasteiger partial charge in [-0.1, -0.05) is 18.6 Å². The number of hydrogen-bond acceptors (Lipinski definition) is 1. The summed E-state index contributed by atoms with van der Waals surface area (Å²) in [6.45, 7) is 0. The second kappa shape index (κ2) is 1.95. The molecule has 3 rings (SSSR count). The fourth-order valence-corrected chi connectivity index (χ4v) is 3.80. The van der Waals surface area contributed by atoms with Crippen LogP contribution < -0.4 is 0 Å². The zero-order valence-electron chi connectivity index (χ0n) is 7.42. The third kappa shape index (κ3) is 0.545. The van der Waals surface area contributed by atoms with Crippen molar-refractivity contribution in [2.45, 2.75) is 44.6 Å². The van der Waals surface area contributed by atoms with Gasteiger partial charge in [-0.3, -0.25) is 0 Å². The maximum Gasteiger partial charge on any atom is 0.0639 e. The van der Waals surface area contributed by atoms with Crippen molar-refractivity contribution in [1.82, 2.24) is 0 Å². The van der Waals surface area contributed by atoms with Crippen molar-refractivity contribution in [1.29, 1.82) is 0 Å². The molecule has 0 spiro atoms. The molecule has 3 aliphatic carbocycles. The lowest BCUT2D eigenvalue weighted by Gasteiger charge is -2.55. The summed E-state index contributed by atoms with van der Waals surface area (Å²) in [4.78, 5) is 0. The monoisotopic (exact) mass is 164 g/mol. The van der Waals surface area contributed by atoms with Crippen molar-refractivity contribution in [2.75, 3.05) is 0 Å². The Kier molecular flexibility index (Phi) is 1.16. The van der Waals surface area contributed by atoms with E-state index in [0.29, 0.717) is 5.41 Å². The van der Waals surface area contributed by atoms with Crippen LogP contribution in [0.1, 0.15) is 38.5 Å². The summed E-state index contributed by atoms with van der Waals surface area (Å²) in [5.74, 6) is 0. The standard InChI is InChI=1S/C11H16O/c12-9-3-1-4-10-5-2-6-11(9,10)8-7-10/h7-9,12H,1-6H2/t9-,10-,11+/m0/s1. The van der Waals surface area contributed by atoms with E-state index < -0.39 is 0 Å². The van der Waals surface area contributed by atoms with E-state index >= 15 is 0 Å². The molecule has 3 atom stereocenters. The SMILES string of the molecule is O[C@H]1CCC[C@]23C=C[C@]12CCC3. The molecule has 0 aliphatic heterocycles. The minimum absolute atomic E-state index is 0.0289. The molecule has 0 heterocycles. The summed E-state index contributed by atoms with van der Waals surface area (Å²) in [5, 5.41) is 10.0. The van der Waals surface area contributed by atoms with Crippen LogP contribution >= 0.6 is 0 Å². The molecule has 0 aromatic rings. The molecule has 66 valence electrons. The zero-order valence-corrected chi connectivity index (χ0v) is 7.42. The van der Waals surface area contributed by atoms with Crippen LogP contribution in [0.2, 0.25) is 0 Å². The predicted molar refractivity (Wildman–Crippen MR) is 47.7 cm³/mol. The number of allylic oxidation sites excluding steroid dienone is 1. The van der Waals surface area contributed by atoms with Gasteiger partial charge in [-0.05, 0) is 37.5 Å². The third-order valence-electron chi connectivity index (χ3n) is 4.54. The van der Waals surface area contributed by atoms with Crippen LogP contribution in [0.4, 0.5) is 0 Å². The highest BCUT2D eigenvalue weighted by atomic mass is 16.3. The second-order valence-electron chi connectivity index (χ2n) is 4.79. The van der Waals surface area contributed by atoms with Crippen molar-refractivity contribution >= 4 is 0 Å². The maximum atomic E-state index is 10.0. The number of rotatable bonds is 0. The molecular weight excluding hydrogens is 148 g/mol. The van der Waals surface area contributed by atoms with E-state index in [4.69, 9.17) is 0 Å². The molecule has 3 aliphatic rings. The minimum atomic E-state index is -0.0289. The third-order valence-corrected chi connectivity index (χ3v) is 4.54. The van der Waals surface area contributed by atoms with E-state index in [2.05, 4.69) is 12.2 Å². The van der Waals surface area contributed by atoms with E-state index in [1.165, 1.54) is 32.1 Å². The molecule has 0 bridgehead atoms. The topological polar surface area (TPSA) is 20.2 Å². The predicted octanol–water partition coefficient (Wildman–Crippen LogP) is 2.26. The van der Waals surface area contributed by atoms with Gasteiger partial charge in [-0.15, -0.1) is 0 Å². The van der Waals surface area contributed by atoms with Crippen LogP contribution in [0.3, 0.4) is 0 Å². The van der Waals surface area contributed by atoms with Crippen LogP contribution in [-0.2, 0) is 0 Å². The average Bonchev–Trinajstić information content (AvgIpc) is 2.31. The van der Waals surface area contributed by atoms with Gasteiger partial charge in [0.25, 0.3) is 0 Å². The van der Waals surface area contributed by atoms with Crippen LogP contribution in [0, 0.1) is 10.8 Å². The molecule has 0 saturated heterocycles. The normalized spacial score (nSPS) is 55.9. The molecule has 1 nitrogen and oxygen atoms in total. The summed E-state index contributed by atoms with van der Waals surface area (Å²) in [7, 11) is 0. The molecule has 1 N–H and O–H groups in total. The highest BCUT2D eigenvalue weighted by molar-refractivity contribution is 5.32. The molecule has 2 saturated carbocycles. The largest absolute Gasteiger partial charge is 0.392 e. The first-order valence-corrected chi connectivity index (χ1v) is 5.18. The Morgan fingerprint density at radius 2 is 1.92 bits per heavy atom. The van der Waals surface area contributed by atoms with Gasteiger partial charge in [-0.2, -0.15) is 0 Å². The molecule has 12 heavy (non-hydrogen) atoms. The van der Waals surface area contributed by atoms with Crippen molar-refractivity contribution in [3.8, 4) is 0 Å². The van der Waals surface area contributed by atoms with Crippen molar-refractivity contribution in [3.05, 3.63) is 12.2 Å². The molecule has 2 fully saturated rings. The lowest BCUT2D eigenvalue weighted by molar-refractivity contribution is -0.0575. The number of hydrogen-bond donors (Lipinski definition) is 1. The first-order chi connectivity index (χ1) is 5.79. The summed E-state index contributed by atoms with van der Waals surface area (Å²) < 4.78 is 0. The van der Waals surface area contributed by atoms with Crippen molar-refractivity contribution < 1.29 is 5.11 Å². The molecule has 0 aromatic carbocycles. The van der Waals surface area contributed by atoms with E-state index in [1.54, 1.807) is 0 Å². The molecule has 0 aromatic heterocycles. The van der Waals surface area contributed by atoms with Crippen molar-refractivity contribution in [3.63, 3.8) is 0 Å². The Labute approximate surface area is 73.5 Å².